The van der Waals surface area contributed by atoms with Crippen LogP contribution in [0.3, 0.4) is 0 Å². The number of hydrogen-bond acceptors (Lipinski definition) is 2. The first-order valence-electron chi connectivity index (χ1n) is 9.40. The maximum Gasteiger partial charge on any atom is 0.447 e. The highest BCUT2D eigenvalue weighted by Gasteiger charge is 2.31. The summed E-state index contributed by atoms with van der Waals surface area (Å²) in [6.45, 7) is 20.6. The lowest BCUT2D eigenvalue weighted by Gasteiger charge is -2.25. The van der Waals surface area contributed by atoms with Gasteiger partial charge in [0.05, 0.1) is 0 Å². The molecule has 22 heavy (non-hydrogen) atoms. The smallest absolute Gasteiger partial charge is 0.447 e. The summed E-state index contributed by atoms with van der Waals surface area (Å²) in [5.41, 5.74) is 0. The quantitative estimate of drug-likeness (QED) is 0.422. The molecule has 0 saturated carbocycles. The SMILES string of the molecule is CB([O][Al]([CH2]C(C)C)[CH2]C(C)C)[O][Al]([CH2]C(C)C)[CH2]C(C)C. The number of hydrogen-bond donors (Lipinski definition) is 0. The van der Waals surface area contributed by atoms with Crippen LogP contribution < -0.4 is 0 Å². The van der Waals surface area contributed by atoms with Gasteiger partial charge in [0, 0.05) is 0 Å². The molecule has 0 radical (unpaired) electrons. The minimum Gasteiger partial charge on any atom is -0.545 e. The molecule has 5 heteroatoms. The van der Waals surface area contributed by atoms with E-state index in [1.54, 1.807) is 0 Å². The lowest BCUT2D eigenvalue weighted by atomic mass is 9.98. The average Bonchev–Trinajstić information content (AvgIpc) is 2.23. The lowest BCUT2D eigenvalue weighted by Crippen LogP contribution is -2.36. The Labute approximate surface area is 150 Å². The predicted molar refractivity (Wildman–Crippen MR) is 104 cm³/mol. The van der Waals surface area contributed by atoms with Crippen molar-refractivity contribution < 1.29 is 7.41 Å². The maximum absolute atomic E-state index is 6.42. The van der Waals surface area contributed by atoms with Crippen molar-refractivity contribution >= 4 is 36.1 Å². The van der Waals surface area contributed by atoms with E-state index in [0.717, 1.165) is 23.7 Å². The van der Waals surface area contributed by atoms with Gasteiger partial charge >= 0.3 is 36.1 Å². The monoisotopic (exact) mass is 340 g/mol. The second-order valence-electron chi connectivity index (χ2n) is 8.60. The molecule has 0 saturated heterocycles. The Morgan fingerprint density at radius 3 is 1.00 bits per heavy atom. The molecule has 128 valence electrons. The largest absolute Gasteiger partial charge is 0.545 e. The third-order valence-corrected chi connectivity index (χ3v) is 11.1. The summed E-state index contributed by atoms with van der Waals surface area (Å²) in [7, 11) is 0.0170. The zero-order chi connectivity index (χ0) is 17.3. The molecule has 0 atom stereocenters. The molecule has 0 bridgehead atoms. The Balaban J connectivity index is 4.50. The van der Waals surface area contributed by atoms with Crippen LogP contribution in [0.4, 0.5) is 0 Å². The van der Waals surface area contributed by atoms with Crippen molar-refractivity contribution in [2.45, 2.75) is 83.3 Å². The molecule has 0 fully saturated rings. The van der Waals surface area contributed by atoms with Gasteiger partial charge in [-0.25, -0.2) is 0 Å². The first-order valence-corrected chi connectivity index (χ1v) is 13.6. The van der Waals surface area contributed by atoms with E-state index in [4.69, 9.17) is 7.41 Å². The van der Waals surface area contributed by atoms with Crippen LogP contribution in [0.1, 0.15) is 55.4 Å². The van der Waals surface area contributed by atoms with Gasteiger partial charge in [-0.15, -0.1) is 0 Å². The van der Waals surface area contributed by atoms with Gasteiger partial charge in [0.25, 0.3) is 0 Å². The van der Waals surface area contributed by atoms with Gasteiger partial charge in [-0.3, -0.25) is 0 Å². The van der Waals surface area contributed by atoms with Crippen LogP contribution in [0.2, 0.25) is 28.0 Å². The summed E-state index contributed by atoms with van der Waals surface area (Å²) < 4.78 is 12.8. The fourth-order valence-corrected chi connectivity index (χ4v) is 9.47. The van der Waals surface area contributed by atoms with Gasteiger partial charge in [0.15, 0.2) is 0 Å². The molecule has 0 aromatic heterocycles. The highest BCUT2D eigenvalue weighted by Crippen LogP contribution is 2.19. The highest BCUT2D eigenvalue weighted by molar-refractivity contribution is 6.68. The van der Waals surface area contributed by atoms with Gasteiger partial charge in [-0.2, -0.15) is 0 Å². The molecule has 0 spiro atoms. The fraction of sp³-hybridized carbons (Fsp3) is 1.00. The van der Waals surface area contributed by atoms with E-state index in [9.17, 15) is 0 Å². The second kappa shape index (κ2) is 12.4. The van der Waals surface area contributed by atoms with Crippen LogP contribution in [-0.4, -0.2) is 36.1 Å². The Morgan fingerprint density at radius 2 is 0.818 bits per heavy atom. The van der Waals surface area contributed by atoms with Gasteiger partial charge in [0.2, 0.25) is 0 Å². The Morgan fingerprint density at radius 1 is 0.591 bits per heavy atom. The summed E-state index contributed by atoms with van der Waals surface area (Å²) in [5, 5.41) is 5.08. The molecular formula is C17H39Al2BO2. The molecule has 0 aromatic carbocycles. The first kappa shape index (κ1) is 23.0. The fourth-order valence-electron chi connectivity index (χ4n) is 3.09. The molecule has 2 nitrogen and oxygen atoms in total. The average molecular weight is 340 g/mol. The highest BCUT2D eigenvalue weighted by atomic mass is 27.2. The van der Waals surface area contributed by atoms with E-state index in [2.05, 4.69) is 62.2 Å². The molecule has 0 aliphatic heterocycles. The molecule has 0 aromatic rings. The Kier molecular flexibility index (Phi) is 13.0. The van der Waals surface area contributed by atoms with E-state index in [1.165, 1.54) is 21.1 Å². The van der Waals surface area contributed by atoms with Crippen LogP contribution in [0.25, 0.3) is 0 Å². The van der Waals surface area contributed by atoms with Crippen molar-refractivity contribution in [3.63, 3.8) is 0 Å². The van der Waals surface area contributed by atoms with Crippen LogP contribution >= 0.6 is 0 Å². The third kappa shape index (κ3) is 13.5. The van der Waals surface area contributed by atoms with Crippen molar-refractivity contribution in [1.29, 1.82) is 0 Å². The van der Waals surface area contributed by atoms with Gasteiger partial charge in [-0.05, 0) is 6.82 Å². The molecular weight excluding hydrogens is 301 g/mol. The predicted octanol–water partition coefficient (Wildman–Crippen LogP) is 5.74. The summed E-state index contributed by atoms with van der Waals surface area (Å²) in [5.74, 6) is 2.95. The molecule has 0 rings (SSSR count). The summed E-state index contributed by atoms with van der Waals surface area (Å²) in [4.78, 5) is 0. The molecule has 0 unspecified atom stereocenters. The normalized spacial score (nSPS) is 11.9. The van der Waals surface area contributed by atoms with E-state index in [-0.39, 0.29) is 7.12 Å². The Bertz CT molecular complexity index is 227. The third-order valence-electron chi connectivity index (χ3n) is 3.71. The number of rotatable bonds is 12. The van der Waals surface area contributed by atoms with Crippen molar-refractivity contribution in [2.75, 3.05) is 0 Å². The minimum atomic E-state index is -1.14. The molecule has 0 amide bonds. The van der Waals surface area contributed by atoms with Crippen LogP contribution in [0, 0.1) is 23.7 Å². The zero-order valence-corrected chi connectivity index (χ0v) is 19.0. The van der Waals surface area contributed by atoms with E-state index < -0.39 is 29.0 Å². The summed E-state index contributed by atoms with van der Waals surface area (Å²) in [6, 6.07) is 0. The van der Waals surface area contributed by atoms with Crippen molar-refractivity contribution in [1.82, 2.24) is 0 Å². The molecule has 0 aliphatic rings. The second-order valence-corrected chi connectivity index (χ2v) is 13.5. The molecule has 0 aliphatic carbocycles. The van der Waals surface area contributed by atoms with E-state index in [1.807, 2.05) is 0 Å². The Hall–Kier alpha value is 1.05. The lowest BCUT2D eigenvalue weighted by molar-refractivity contribution is 0.418. The zero-order valence-electron chi connectivity index (χ0n) is 16.7. The van der Waals surface area contributed by atoms with Crippen LogP contribution in [-0.2, 0) is 7.41 Å². The summed E-state index contributed by atoms with van der Waals surface area (Å²) >= 11 is -2.28. The van der Waals surface area contributed by atoms with Crippen molar-refractivity contribution in [2.24, 2.45) is 23.7 Å². The van der Waals surface area contributed by atoms with Gasteiger partial charge < -0.3 is 7.41 Å². The first-order chi connectivity index (χ1) is 10.1. The van der Waals surface area contributed by atoms with Crippen molar-refractivity contribution in [3.05, 3.63) is 0 Å². The van der Waals surface area contributed by atoms with Gasteiger partial charge in [0.1, 0.15) is 0 Å². The standard InChI is InChI=1S/4C4H9.CH3BO2.2Al/c4*1-4(2)3;1-2(3)4;;/h4*4H,1H2,2-3H3;1H3;;/q;;;;-2;2*+1. The van der Waals surface area contributed by atoms with Crippen molar-refractivity contribution in [3.8, 4) is 0 Å². The summed E-state index contributed by atoms with van der Waals surface area (Å²) in [6.07, 6.45) is 0. The minimum absolute atomic E-state index is 0.0170. The topological polar surface area (TPSA) is 18.5 Å². The van der Waals surface area contributed by atoms with E-state index >= 15 is 0 Å². The van der Waals surface area contributed by atoms with E-state index in [0.29, 0.717) is 0 Å². The van der Waals surface area contributed by atoms with Crippen LogP contribution in [0.5, 0.6) is 0 Å². The molecule has 0 N–H and O–H groups in total. The molecule has 0 heterocycles. The van der Waals surface area contributed by atoms with Gasteiger partial charge in [-0.1, -0.05) is 100 Å². The van der Waals surface area contributed by atoms with Crippen LogP contribution in [0.15, 0.2) is 0 Å². The maximum atomic E-state index is 6.42.